The van der Waals surface area contributed by atoms with Crippen LogP contribution in [0.4, 0.5) is 5.69 Å². The van der Waals surface area contributed by atoms with Gasteiger partial charge in [-0.1, -0.05) is 30.3 Å². The summed E-state index contributed by atoms with van der Waals surface area (Å²) in [7, 11) is 0. The lowest BCUT2D eigenvalue weighted by molar-refractivity contribution is 0.102. The highest BCUT2D eigenvalue weighted by Gasteiger charge is 2.43. The van der Waals surface area contributed by atoms with Crippen molar-refractivity contribution in [1.82, 2.24) is 20.0 Å². The molecule has 138 valence electrons. The van der Waals surface area contributed by atoms with Gasteiger partial charge in [-0.25, -0.2) is 0 Å². The third-order valence-corrected chi connectivity index (χ3v) is 5.53. The van der Waals surface area contributed by atoms with E-state index in [1.807, 2.05) is 29.1 Å². The minimum Gasteiger partial charge on any atom is -0.381 e. The van der Waals surface area contributed by atoms with Crippen LogP contribution in [0, 0.1) is 5.41 Å². The summed E-state index contributed by atoms with van der Waals surface area (Å²) < 4.78 is 7.39. The highest BCUT2D eigenvalue weighted by Crippen LogP contribution is 2.43. The molecule has 1 spiro atoms. The van der Waals surface area contributed by atoms with Crippen LogP contribution in [0.5, 0.6) is 0 Å². The Morgan fingerprint density at radius 3 is 3.00 bits per heavy atom. The quantitative estimate of drug-likeness (QED) is 0.745. The molecule has 1 aliphatic carbocycles. The Morgan fingerprint density at radius 2 is 2.19 bits per heavy atom. The van der Waals surface area contributed by atoms with Crippen molar-refractivity contribution in [2.75, 3.05) is 18.5 Å². The van der Waals surface area contributed by atoms with Crippen molar-refractivity contribution >= 4 is 11.6 Å². The SMILES string of the molecule is O=C(Nc1cnn(Cc2ccccc2)c1)c1n[nH]c2c1CC1(CCOC1)C2. The molecule has 0 radical (unpaired) electrons. The van der Waals surface area contributed by atoms with Crippen LogP contribution in [0.25, 0.3) is 0 Å². The summed E-state index contributed by atoms with van der Waals surface area (Å²) in [6.07, 6.45) is 6.32. The molecular weight excluding hydrogens is 342 g/mol. The van der Waals surface area contributed by atoms with Crippen molar-refractivity contribution in [2.24, 2.45) is 5.41 Å². The first-order chi connectivity index (χ1) is 13.2. The van der Waals surface area contributed by atoms with E-state index >= 15 is 0 Å². The van der Waals surface area contributed by atoms with Gasteiger partial charge in [0.1, 0.15) is 0 Å². The first-order valence-corrected chi connectivity index (χ1v) is 9.22. The normalized spacial score (nSPS) is 20.9. The molecule has 5 rings (SSSR count). The molecule has 7 heteroatoms. The second-order valence-electron chi connectivity index (χ2n) is 7.55. The molecule has 1 aliphatic heterocycles. The average Bonchev–Trinajstić information content (AvgIpc) is 3.43. The van der Waals surface area contributed by atoms with Gasteiger partial charge >= 0.3 is 0 Å². The van der Waals surface area contributed by atoms with Crippen LogP contribution in [0.15, 0.2) is 42.7 Å². The molecule has 1 unspecified atom stereocenters. The molecular formula is C20H21N5O2. The van der Waals surface area contributed by atoms with E-state index in [0.29, 0.717) is 17.9 Å². The number of H-pyrrole nitrogens is 1. The second-order valence-corrected chi connectivity index (χ2v) is 7.55. The summed E-state index contributed by atoms with van der Waals surface area (Å²) in [6, 6.07) is 10.1. The zero-order valence-corrected chi connectivity index (χ0v) is 14.9. The predicted molar refractivity (Wildman–Crippen MR) is 99.6 cm³/mol. The summed E-state index contributed by atoms with van der Waals surface area (Å²) >= 11 is 0. The topological polar surface area (TPSA) is 84.8 Å². The number of aromatic nitrogens is 4. The number of carbonyl (C=O) groups excluding carboxylic acids is 1. The van der Waals surface area contributed by atoms with E-state index in [2.05, 4.69) is 32.7 Å². The van der Waals surface area contributed by atoms with E-state index in [4.69, 9.17) is 4.74 Å². The van der Waals surface area contributed by atoms with Crippen LogP contribution in [-0.4, -0.2) is 39.1 Å². The molecule has 2 aliphatic rings. The molecule has 1 fully saturated rings. The maximum Gasteiger partial charge on any atom is 0.276 e. The highest BCUT2D eigenvalue weighted by atomic mass is 16.5. The largest absolute Gasteiger partial charge is 0.381 e. The molecule has 1 atom stereocenters. The fourth-order valence-electron chi connectivity index (χ4n) is 4.14. The lowest BCUT2D eigenvalue weighted by atomic mass is 9.84. The van der Waals surface area contributed by atoms with E-state index < -0.39 is 0 Å². The molecule has 1 aromatic carbocycles. The molecule has 3 aromatic rings. The van der Waals surface area contributed by atoms with Gasteiger partial charge in [0.05, 0.1) is 25.0 Å². The summed E-state index contributed by atoms with van der Waals surface area (Å²) in [5.74, 6) is -0.192. The average molecular weight is 363 g/mol. The van der Waals surface area contributed by atoms with E-state index in [-0.39, 0.29) is 11.3 Å². The maximum atomic E-state index is 12.7. The highest BCUT2D eigenvalue weighted by molar-refractivity contribution is 6.04. The van der Waals surface area contributed by atoms with Crippen LogP contribution < -0.4 is 5.32 Å². The number of hydrogen-bond donors (Lipinski definition) is 2. The molecule has 27 heavy (non-hydrogen) atoms. The van der Waals surface area contributed by atoms with E-state index in [9.17, 15) is 4.79 Å². The second kappa shape index (κ2) is 6.35. The third kappa shape index (κ3) is 3.04. The van der Waals surface area contributed by atoms with Crippen molar-refractivity contribution in [3.05, 3.63) is 65.2 Å². The molecule has 2 aromatic heterocycles. The minimum absolute atomic E-state index is 0.152. The molecule has 0 saturated carbocycles. The van der Waals surface area contributed by atoms with Crippen molar-refractivity contribution in [1.29, 1.82) is 0 Å². The van der Waals surface area contributed by atoms with Gasteiger partial charge in [-0.05, 0) is 24.8 Å². The van der Waals surface area contributed by atoms with Gasteiger partial charge in [0.25, 0.3) is 5.91 Å². The Balaban J connectivity index is 1.29. The first-order valence-electron chi connectivity index (χ1n) is 9.22. The van der Waals surface area contributed by atoms with Crippen LogP contribution in [0.2, 0.25) is 0 Å². The molecule has 3 heterocycles. The number of nitrogens with zero attached hydrogens (tertiary/aromatic N) is 3. The Morgan fingerprint density at radius 1 is 1.30 bits per heavy atom. The van der Waals surface area contributed by atoms with Gasteiger partial charge in [0.15, 0.2) is 5.69 Å². The summed E-state index contributed by atoms with van der Waals surface area (Å²) in [6.45, 7) is 2.24. The number of anilines is 1. The van der Waals surface area contributed by atoms with Crippen LogP contribution in [0.1, 0.15) is 33.7 Å². The Kier molecular flexibility index (Phi) is 3.82. The molecule has 7 nitrogen and oxygen atoms in total. The number of aromatic amines is 1. The summed E-state index contributed by atoms with van der Waals surface area (Å²) in [5.41, 5.74) is 4.58. The predicted octanol–water partition coefficient (Wildman–Crippen LogP) is 2.41. The van der Waals surface area contributed by atoms with Crippen molar-refractivity contribution in [3.63, 3.8) is 0 Å². The fraction of sp³-hybridized carbons (Fsp3) is 0.350. The monoisotopic (exact) mass is 363 g/mol. The molecule has 1 amide bonds. The zero-order chi connectivity index (χ0) is 18.3. The molecule has 1 saturated heterocycles. The maximum absolute atomic E-state index is 12.7. The Bertz CT molecular complexity index is 969. The summed E-state index contributed by atoms with van der Waals surface area (Å²) in [5, 5.41) is 14.6. The van der Waals surface area contributed by atoms with E-state index in [0.717, 1.165) is 49.3 Å². The fourth-order valence-corrected chi connectivity index (χ4v) is 4.14. The van der Waals surface area contributed by atoms with E-state index in [1.54, 1.807) is 6.20 Å². The van der Waals surface area contributed by atoms with Gasteiger partial charge < -0.3 is 10.1 Å². The first kappa shape index (κ1) is 16.3. The number of rotatable bonds is 4. The molecule has 0 bridgehead atoms. The van der Waals surface area contributed by atoms with Crippen molar-refractivity contribution in [3.8, 4) is 0 Å². The number of nitrogens with one attached hydrogen (secondary N) is 2. The number of ether oxygens (including phenoxy) is 1. The number of hydrogen-bond acceptors (Lipinski definition) is 4. The lowest BCUT2D eigenvalue weighted by Crippen LogP contribution is -2.22. The number of fused-ring (bicyclic) bond motifs is 1. The van der Waals surface area contributed by atoms with Gasteiger partial charge in [-0.15, -0.1) is 0 Å². The smallest absolute Gasteiger partial charge is 0.276 e. The summed E-state index contributed by atoms with van der Waals surface area (Å²) in [4.78, 5) is 12.7. The Labute approximate surface area is 156 Å². The van der Waals surface area contributed by atoms with Crippen molar-refractivity contribution in [2.45, 2.75) is 25.8 Å². The number of amides is 1. The van der Waals surface area contributed by atoms with Crippen LogP contribution in [0.3, 0.4) is 0 Å². The third-order valence-electron chi connectivity index (χ3n) is 5.53. The Hall–Kier alpha value is -2.93. The standard InChI is InChI=1S/C20H21N5O2/c26-19(18-16-8-20(6-7-27-13-20)9-17(16)23-24-18)22-15-10-21-25(12-15)11-14-4-2-1-3-5-14/h1-5,10,12H,6-9,11,13H2,(H,22,26)(H,23,24). The van der Waals surface area contributed by atoms with E-state index in [1.165, 1.54) is 0 Å². The van der Waals surface area contributed by atoms with Crippen LogP contribution in [-0.2, 0) is 24.1 Å². The minimum atomic E-state index is -0.192. The van der Waals surface area contributed by atoms with Gasteiger partial charge in [-0.2, -0.15) is 10.2 Å². The number of carbonyl (C=O) groups is 1. The molecule has 2 N–H and O–H groups in total. The lowest BCUT2D eigenvalue weighted by Gasteiger charge is -2.19. The van der Waals surface area contributed by atoms with Gasteiger partial charge in [0, 0.05) is 29.5 Å². The van der Waals surface area contributed by atoms with Crippen molar-refractivity contribution < 1.29 is 9.53 Å². The van der Waals surface area contributed by atoms with Gasteiger partial charge in [-0.3, -0.25) is 14.6 Å². The van der Waals surface area contributed by atoms with Gasteiger partial charge in [0.2, 0.25) is 0 Å². The van der Waals surface area contributed by atoms with Crippen LogP contribution >= 0.6 is 0 Å². The number of benzene rings is 1. The zero-order valence-electron chi connectivity index (χ0n) is 14.9.